The molecule has 1 amide bonds. The molecule has 0 aliphatic rings. The zero-order valence-electron chi connectivity index (χ0n) is 9.96. The van der Waals surface area contributed by atoms with E-state index in [0.717, 1.165) is 11.2 Å². The maximum atomic E-state index is 11.3. The van der Waals surface area contributed by atoms with Crippen molar-refractivity contribution in [3.8, 4) is 5.75 Å². The smallest absolute Gasteiger partial charge is 0.275 e. The number of ether oxygens (including phenoxy) is 1. The Kier molecular flexibility index (Phi) is 4.27. The van der Waals surface area contributed by atoms with Crippen molar-refractivity contribution in [2.75, 3.05) is 0 Å². The lowest BCUT2D eigenvalue weighted by atomic mass is 10.2. The van der Waals surface area contributed by atoms with E-state index in [0.29, 0.717) is 22.8 Å². The van der Waals surface area contributed by atoms with Crippen LogP contribution in [0.1, 0.15) is 24.9 Å². The zero-order chi connectivity index (χ0) is 13.7. The van der Waals surface area contributed by atoms with E-state index in [1.54, 1.807) is 36.4 Å². The van der Waals surface area contributed by atoms with Gasteiger partial charge in [-0.1, -0.05) is 12.1 Å². The molecule has 2 aromatic rings. The minimum absolute atomic E-state index is 0.320. The lowest BCUT2D eigenvalue weighted by molar-refractivity contribution is 0.0957. The second-order valence-corrected chi connectivity index (χ2v) is 4.89. The fourth-order valence-electron chi connectivity index (χ4n) is 1.48. The molecule has 0 radical (unpaired) electrons. The van der Waals surface area contributed by atoms with Gasteiger partial charge in [-0.25, -0.2) is 5.84 Å². The normalized spacial score (nSPS) is 9.95. The largest absolute Gasteiger partial charge is 0.488 e. The molecule has 0 fully saturated rings. The molecule has 0 saturated heterocycles. The first kappa shape index (κ1) is 13.3. The lowest BCUT2D eigenvalue weighted by Gasteiger charge is -2.04. The van der Waals surface area contributed by atoms with Crippen molar-refractivity contribution < 1.29 is 14.3 Å². The third-order valence-electron chi connectivity index (χ3n) is 2.39. The molecule has 6 heteroatoms. The van der Waals surface area contributed by atoms with Gasteiger partial charge in [-0.15, -0.1) is 11.3 Å². The number of nitrogen functional groups attached to an aromatic ring is 1. The van der Waals surface area contributed by atoms with Crippen molar-refractivity contribution in [3.63, 3.8) is 0 Å². The van der Waals surface area contributed by atoms with Gasteiger partial charge in [0, 0.05) is 10.4 Å². The van der Waals surface area contributed by atoms with Gasteiger partial charge in [-0.3, -0.25) is 15.0 Å². The Hall–Kier alpha value is -2.18. The van der Waals surface area contributed by atoms with Crippen molar-refractivity contribution in [1.29, 1.82) is 0 Å². The second-order valence-electron chi connectivity index (χ2n) is 3.72. The minimum atomic E-state index is -0.320. The third-order valence-corrected chi connectivity index (χ3v) is 3.45. The third kappa shape index (κ3) is 3.40. The van der Waals surface area contributed by atoms with E-state index in [2.05, 4.69) is 5.43 Å². The van der Waals surface area contributed by atoms with Crippen molar-refractivity contribution in [1.82, 2.24) is 5.43 Å². The van der Waals surface area contributed by atoms with Crippen molar-refractivity contribution in [2.24, 2.45) is 5.84 Å². The fourth-order valence-corrected chi connectivity index (χ4v) is 2.30. The quantitative estimate of drug-likeness (QED) is 0.377. The molecule has 5 nitrogen and oxygen atoms in total. The molecule has 98 valence electrons. The predicted molar refractivity (Wildman–Crippen MR) is 72.1 cm³/mol. The first-order valence-corrected chi connectivity index (χ1v) is 6.32. The van der Waals surface area contributed by atoms with Crippen LogP contribution in [0.3, 0.4) is 0 Å². The van der Waals surface area contributed by atoms with Crippen LogP contribution >= 0.6 is 11.3 Å². The van der Waals surface area contributed by atoms with Gasteiger partial charge in [0.1, 0.15) is 18.6 Å². The van der Waals surface area contributed by atoms with Crippen LogP contribution in [0.25, 0.3) is 0 Å². The predicted octanol–water partition coefficient (Wildman–Crippen LogP) is 1.74. The number of nitrogens with one attached hydrogen (secondary N) is 1. The van der Waals surface area contributed by atoms with E-state index < -0.39 is 0 Å². The molecular weight excluding hydrogens is 264 g/mol. The van der Waals surface area contributed by atoms with Crippen LogP contribution < -0.4 is 16.0 Å². The molecule has 0 unspecified atom stereocenters. The molecular formula is C13H12N2O3S. The van der Waals surface area contributed by atoms with E-state index in [1.807, 2.05) is 0 Å². The molecule has 0 aliphatic carbocycles. The molecule has 0 aliphatic heterocycles. The Morgan fingerprint density at radius 1 is 1.37 bits per heavy atom. The highest BCUT2D eigenvalue weighted by atomic mass is 32.1. The van der Waals surface area contributed by atoms with E-state index >= 15 is 0 Å². The summed E-state index contributed by atoms with van der Waals surface area (Å²) in [5, 5.41) is 0. The average Bonchev–Trinajstić information content (AvgIpc) is 2.93. The Morgan fingerprint density at radius 3 is 2.95 bits per heavy atom. The number of amides is 1. The number of aldehydes is 1. The summed E-state index contributed by atoms with van der Waals surface area (Å²) in [5.74, 6) is 5.35. The average molecular weight is 276 g/mol. The van der Waals surface area contributed by atoms with E-state index in [9.17, 15) is 9.59 Å². The maximum Gasteiger partial charge on any atom is 0.275 e. The second kappa shape index (κ2) is 6.12. The number of rotatable bonds is 5. The molecule has 19 heavy (non-hydrogen) atoms. The Bertz CT molecular complexity index is 595. The maximum absolute atomic E-state index is 11.3. The Balaban J connectivity index is 2.00. The molecule has 0 spiro atoms. The molecule has 1 heterocycles. The van der Waals surface area contributed by atoms with Gasteiger partial charge in [-0.05, 0) is 24.3 Å². The van der Waals surface area contributed by atoms with E-state index in [4.69, 9.17) is 10.6 Å². The van der Waals surface area contributed by atoms with Gasteiger partial charge in [0.2, 0.25) is 0 Å². The number of nitrogens with two attached hydrogens (primary N) is 1. The van der Waals surface area contributed by atoms with Gasteiger partial charge in [0.25, 0.3) is 5.91 Å². The monoisotopic (exact) mass is 276 g/mol. The summed E-state index contributed by atoms with van der Waals surface area (Å²) in [6, 6.07) is 10.4. The Labute approximate surface area is 114 Å². The van der Waals surface area contributed by atoms with Crippen molar-refractivity contribution in [2.45, 2.75) is 6.61 Å². The Morgan fingerprint density at radius 2 is 2.21 bits per heavy atom. The summed E-state index contributed by atoms with van der Waals surface area (Å²) in [5.41, 5.74) is 2.64. The molecule has 0 saturated carbocycles. The molecule has 1 aromatic heterocycles. The summed E-state index contributed by atoms with van der Waals surface area (Å²) in [7, 11) is 0. The number of hydrazine groups is 1. The van der Waals surface area contributed by atoms with Gasteiger partial charge >= 0.3 is 0 Å². The zero-order valence-corrected chi connectivity index (χ0v) is 10.8. The number of hydrogen-bond acceptors (Lipinski definition) is 5. The first-order valence-electron chi connectivity index (χ1n) is 5.50. The summed E-state index contributed by atoms with van der Waals surface area (Å²) < 4.78 is 5.55. The first-order chi connectivity index (χ1) is 9.22. The van der Waals surface area contributed by atoms with Crippen LogP contribution in [0.2, 0.25) is 0 Å². The summed E-state index contributed by atoms with van der Waals surface area (Å²) >= 11 is 1.31. The number of carbonyl (C=O) groups is 2. The summed E-state index contributed by atoms with van der Waals surface area (Å²) in [6.07, 6.45) is 0.766. The van der Waals surface area contributed by atoms with Crippen LogP contribution in [0.4, 0.5) is 0 Å². The minimum Gasteiger partial charge on any atom is -0.488 e. The van der Waals surface area contributed by atoms with Gasteiger partial charge < -0.3 is 4.74 Å². The topological polar surface area (TPSA) is 81.4 Å². The van der Waals surface area contributed by atoms with Crippen LogP contribution in [-0.4, -0.2) is 12.2 Å². The van der Waals surface area contributed by atoms with E-state index in [1.165, 1.54) is 11.3 Å². The van der Waals surface area contributed by atoms with Crippen molar-refractivity contribution >= 4 is 23.5 Å². The molecule has 2 rings (SSSR count). The molecule has 0 bridgehead atoms. The van der Waals surface area contributed by atoms with Crippen LogP contribution in [0.5, 0.6) is 5.75 Å². The molecule has 3 N–H and O–H groups in total. The standard InChI is InChI=1S/C13H12N2O3S/c14-15-13(17)12-5-4-11(19-12)8-18-10-3-1-2-9(6-10)7-16/h1-7H,8,14H2,(H,15,17). The number of hydrogen-bond donors (Lipinski definition) is 2. The van der Waals surface area contributed by atoms with Crippen LogP contribution in [0, 0.1) is 0 Å². The van der Waals surface area contributed by atoms with Crippen LogP contribution in [0.15, 0.2) is 36.4 Å². The number of thiophene rings is 1. The van der Waals surface area contributed by atoms with Crippen molar-refractivity contribution in [3.05, 3.63) is 51.7 Å². The highest BCUT2D eigenvalue weighted by molar-refractivity contribution is 7.14. The summed E-state index contributed by atoms with van der Waals surface area (Å²) in [6.45, 7) is 0.338. The molecule has 0 atom stereocenters. The van der Waals surface area contributed by atoms with E-state index in [-0.39, 0.29) is 5.91 Å². The van der Waals surface area contributed by atoms with Gasteiger partial charge in [0.05, 0.1) is 4.88 Å². The highest BCUT2D eigenvalue weighted by Gasteiger charge is 2.07. The molecule has 1 aromatic carbocycles. The van der Waals surface area contributed by atoms with Gasteiger partial charge in [-0.2, -0.15) is 0 Å². The SMILES string of the molecule is NNC(=O)c1ccc(COc2cccc(C=O)c2)s1. The van der Waals surface area contributed by atoms with Crippen LogP contribution in [-0.2, 0) is 6.61 Å². The number of carbonyl (C=O) groups excluding carboxylic acids is 2. The number of benzene rings is 1. The fraction of sp³-hybridized carbons (Fsp3) is 0.0769. The van der Waals surface area contributed by atoms with Gasteiger partial charge in [0.15, 0.2) is 0 Å². The lowest BCUT2D eigenvalue weighted by Crippen LogP contribution is -2.29. The highest BCUT2D eigenvalue weighted by Crippen LogP contribution is 2.19. The summed E-state index contributed by atoms with van der Waals surface area (Å²) in [4.78, 5) is 23.3.